The fraction of sp³-hybridized carbons (Fsp3) is 0.455. The Labute approximate surface area is 87.8 Å². The van der Waals surface area contributed by atoms with Crippen LogP contribution in [0.15, 0.2) is 18.2 Å². The van der Waals surface area contributed by atoms with Gasteiger partial charge in [0.25, 0.3) is 0 Å². The van der Waals surface area contributed by atoms with Crippen LogP contribution in [0.5, 0.6) is 5.75 Å². The van der Waals surface area contributed by atoms with E-state index < -0.39 is 12.1 Å². The van der Waals surface area contributed by atoms with Gasteiger partial charge in [0.1, 0.15) is 0 Å². The van der Waals surface area contributed by atoms with Crippen molar-refractivity contribution in [3.8, 4) is 5.75 Å². The van der Waals surface area contributed by atoms with Crippen molar-refractivity contribution in [3.63, 3.8) is 0 Å². The highest BCUT2D eigenvalue weighted by atomic mass is 19.1. The van der Waals surface area contributed by atoms with E-state index in [0.717, 1.165) is 6.42 Å². The standard InChI is InChI=1S/C11H13FO3/c1-13-10-4-3-8(7-9(10)12)11-14-5-2-6-15-11/h3-4,7,11H,2,5-6H2,1H3. The molecule has 1 aliphatic rings. The van der Waals surface area contributed by atoms with Crippen LogP contribution in [0.1, 0.15) is 18.3 Å². The fourth-order valence-electron chi connectivity index (χ4n) is 1.51. The summed E-state index contributed by atoms with van der Waals surface area (Å²) in [7, 11) is 1.44. The maximum atomic E-state index is 13.4. The predicted octanol–water partition coefficient (Wildman–Crippen LogP) is 2.27. The van der Waals surface area contributed by atoms with Gasteiger partial charge in [-0.2, -0.15) is 0 Å². The number of rotatable bonds is 2. The summed E-state index contributed by atoms with van der Waals surface area (Å²) < 4.78 is 28.9. The summed E-state index contributed by atoms with van der Waals surface area (Å²) >= 11 is 0. The molecule has 1 fully saturated rings. The Hall–Kier alpha value is -1.13. The van der Waals surface area contributed by atoms with Gasteiger partial charge in [-0.3, -0.25) is 0 Å². The largest absolute Gasteiger partial charge is 0.494 e. The molecule has 0 unspecified atom stereocenters. The minimum atomic E-state index is -0.445. The average molecular weight is 212 g/mol. The highest BCUT2D eigenvalue weighted by molar-refractivity contribution is 5.29. The number of hydrogen-bond donors (Lipinski definition) is 0. The van der Waals surface area contributed by atoms with Crippen LogP contribution in [0.4, 0.5) is 4.39 Å². The van der Waals surface area contributed by atoms with E-state index in [-0.39, 0.29) is 5.75 Å². The maximum Gasteiger partial charge on any atom is 0.183 e. The molecule has 0 radical (unpaired) electrons. The second-order valence-corrected chi connectivity index (χ2v) is 3.32. The lowest BCUT2D eigenvalue weighted by molar-refractivity contribution is -0.183. The summed E-state index contributed by atoms with van der Waals surface area (Å²) in [5, 5.41) is 0. The lowest BCUT2D eigenvalue weighted by Gasteiger charge is -2.23. The van der Waals surface area contributed by atoms with Gasteiger partial charge in [0, 0.05) is 5.56 Å². The van der Waals surface area contributed by atoms with Crippen molar-refractivity contribution < 1.29 is 18.6 Å². The third kappa shape index (κ3) is 2.27. The van der Waals surface area contributed by atoms with Crippen molar-refractivity contribution in [2.24, 2.45) is 0 Å². The van der Waals surface area contributed by atoms with Crippen molar-refractivity contribution in [1.29, 1.82) is 0 Å². The molecule has 1 aliphatic heterocycles. The molecule has 0 saturated carbocycles. The molecular formula is C11H13FO3. The van der Waals surface area contributed by atoms with E-state index in [1.54, 1.807) is 12.1 Å². The van der Waals surface area contributed by atoms with Gasteiger partial charge in [-0.15, -0.1) is 0 Å². The molecule has 0 bridgehead atoms. The van der Waals surface area contributed by atoms with Crippen LogP contribution in [-0.4, -0.2) is 20.3 Å². The Bertz CT molecular complexity index is 335. The van der Waals surface area contributed by atoms with Gasteiger partial charge in [-0.25, -0.2) is 4.39 Å². The van der Waals surface area contributed by atoms with Gasteiger partial charge in [-0.05, 0) is 18.6 Å². The molecule has 0 aliphatic carbocycles. The molecule has 1 aromatic rings. The van der Waals surface area contributed by atoms with E-state index in [0.29, 0.717) is 18.8 Å². The first-order chi connectivity index (χ1) is 7.31. The van der Waals surface area contributed by atoms with Crippen LogP contribution < -0.4 is 4.74 Å². The zero-order valence-electron chi connectivity index (χ0n) is 8.53. The highest BCUT2D eigenvalue weighted by Crippen LogP contribution is 2.26. The summed E-state index contributed by atoms with van der Waals surface area (Å²) in [5.41, 5.74) is 0.688. The maximum absolute atomic E-state index is 13.4. The van der Waals surface area contributed by atoms with Gasteiger partial charge in [-0.1, -0.05) is 6.07 Å². The molecule has 0 aromatic heterocycles. The molecule has 0 atom stereocenters. The molecule has 0 N–H and O–H groups in total. The average Bonchev–Trinajstić information content (AvgIpc) is 2.30. The summed E-state index contributed by atoms with van der Waals surface area (Å²) in [6, 6.07) is 4.71. The van der Waals surface area contributed by atoms with Crippen LogP contribution in [-0.2, 0) is 9.47 Å². The SMILES string of the molecule is COc1ccc(C2OCCCO2)cc1F. The van der Waals surface area contributed by atoms with Gasteiger partial charge in [0.15, 0.2) is 17.9 Å². The summed E-state index contributed by atoms with van der Waals surface area (Å²) in [6.07, 6.45) is 0.439. The second kappa shape index (κ2) is 4.59. The lowest BCUT2D eigenvalue weighted by atomic mass is 10.2. The summed E-state index contributed by atoms with van der Waals surface area (Å²) in [6.45, 7) is 1.30. The van der Waals surface area contributed by atoms with Gasteiger partial charge in [0.05, 0.1) is 20.3 Å². The first-order valence-electron chi connectivity index (χ1n) is 4.88. The first kappa shape index (κ1) is 10.4. The number of halogens is 1. The highest BCUT2D eigenvalue weighted by Gasteiger charge is 2.17. The van der Waals surface area contributed by atoms with Crippen molar-refractivity contribution in [2.45, 2.75) is 12.7 Å². The molecule has 3 nitrogen and oxygen atoms in total. The second-order valence-electron chi connectivity index (χ2n) is 3.32. The predicted molar refractivity (Wildman–Crippen MR) is 52.2 cm³/mol. The quantitative estimate of drug-likeness (QED) is 0.752. The molecule has 1 saturated heterocycles. The Balaban J connectivity index is 2.17. The summed E-state index contributed by atoms with van der Waals surface area (Å²) in [4.78, 5) is 0. The van der Waals surface area contributed by atoms with E-state index in [1.807, 2.05) is 0 Å². The Morgan fingerprint density at radius 1 is 1.33 bits per heavy atom. The summed E-state index contributed by atoms with van der Waals surface area (Å²) in [5.74, 6) is -0.165. The van der Waals surface area contributed by atoms with E-state index >= 15 is 0 Å². The molecule has 15 heavy (non-hydrogen) atoms. The van der Waals surface area contributed by atoms with Gasteiger partial charge >= 0.3 is 0 Å². The number of ether oxygens (including phenoxy) is 3. The zero-order chi connectivity index (χ0) is 10.7. The smallest absolute Gasteiger partial charge is 0.183 e. The van der Waals surface area contributed by atoms with Crippen LogP contribution >= 0.6 is 0 Å². The molecule has 1 heterocycles. The van der Waals surface area contributed by atoms with Crippen molar-refractivity contribution in [3.05, 3.63) is 29.6 Å². The van der Waals surface area contributed by atoms with Crippen LogP contribution in [0, 0.1) is 5.82 Å². The van der Waals surface area contributed by atoms with Crippen molar-refractivity contribution in [1.82, 2.24) is 0 Å². The molecule has 4 heteroatoms. The van der Waals surface area contributed by atoms with Crippen LogP contribution in [0.2, 0.25) is 0 Å². The molecule has 0 spiro atoms. The Morgan fingerprint density at radius 3 is 2.67 bits per heavy atom. The van der Waals surface area contributed by atoms with Gasteiger partial charge in [0.2, 0.25) is 0 Å². The fourth-order valence-corrected chi connectivity index (χ4v) is 1.51. The number of benzene rings is 1. The number of methoxy groups -OCH3 is 1. The van der Waals surface area contributed by atoms with E-state index in [4.69, 9.17) is 14.2 Å². The zero-order valence-corrected chi connectivity index (χ0v) is 8.53. The van der Waals surface area contributed by atoms with E-state index in [9.17, 15) is 4.39 Å². The van der Waals surface area contributed by atoms with Crippen molar-refractivity contribution in [2.75, 3.05) is 20.3 Å². The molecular weight excluding hydrogens is 199 g/mol. The minimum Gasteiger partial charge on any atom is -0.494 e. The lowest BCUT2D eigenvalue weighted by Crippen LogP contribution is -2.17. The molecule has 1 aromatic carbocycles. The van der Waals surface area contributed by atoms with Crippen LogP contribution in [0.3, 0.4) is 0 Å². The first-order valence-corrected chi connectivity index (χ1v) is 4.88. The third-order valence-corrected chi connectivity index (χ3v) is 2.28. The normalized spacial score (nSPS) is 17.7. The molecule has 82 valence electrons. The van der Waals surface area contributed by atoms with Gasteiger partial charge < -0.3 is 14.2 Å². The van der Waals surface area contributed by atoms with E-state index in [1.165, 1.54) is 13.2 Å². The molecule has 2 rings (SSSR count). The molecule has 0 amide bonds. The Morgan fingerprint density at radius 2 is 2.07 bits per heavy atom. The monoisotopic (exact) mass is 212 g/mol. The van der Waals surface area contributed by atoms with Crippen LogP contribution in [0.25, 0.3) is 0 Å². The Kier molecular flexibility index (Phi) is 3.18. The minimum absolute atomic E-state index is 0.231. The van der Waals surface area contributed by atoms with Crippen molar-refractivity contribution >= 4 is 0 Å². The third-order valence-electron chi connectivity index (χ3n) is 2.28. The van der Waals surface area contributed by atoms with E-state index in [2.05, 4.69) is 0 Å². The number of hydrogen-bond acceptors (Lipinski definition) is 3. The topological polar surface area (TPSA) is 27.7 Å².